The molecule has 0 amide bonds. The minimum atomic E-state index is 0.721. The van der Waals surface area contributed by atoms with Gasteiger partial charge in [-0.15, -0.1) is 0 Å². The summed E-state index contributed by atoms with van der Waals surface area (Å²) in [6.07, 6.45) is 2.77. The van der Waals surface area contributed by atoms with Crippen molar-refractivity contribution in [2.75, 3.05) is 20.6 Å². The molecular weight excluding hydrogens is 210 g/mol. The number of imidazole rings is 1. The predicted octanol–water partition coefficient (Wildman–Crippen LogP) is 2.09. The molecule has 0 aliphatic heterocycles. The van der Waals surface area contributed by atoms with Gasteiger partial charge in [0.1, 0.15) is 11.0 Å². The molecule has 0 radical (unpaired) electrons. The Bertz CT molecular complexity index is 462. The Labute approximate surface area is 94.3 Å². The van der Waals surface area contributed by atoms with E-state index in [1.807, 2.05) is 28.8 Å². The van der Waals surface area contributed by atoms with Crippen LogP contribution in [0.5, 0.6) is 0 Å². The van der Waals surface area contributed by atoms with Crippen molar-refractivity contribution in [3.63, 3.8) is 0 Å². The van der Waals surface area contributed by atoms with Gasteiger partial charge in [-0.1, -0.05) is 17.7 Å². The highest BCUT2D eigenvalue weighted by Gasteiger charge is 2.06. The summed E-state index contributed by atoms with van der Waals surface area (Å²) in [5, 5.41) is 0.721. The SMILES string of the molecule is CN(C)CCc1ncc2cccc(Cl)n12. The first-order chi connectivity index (χ1) is 7.18. The number of hydrogen-bond acceptors (Lipinski definition) is 2. The van der Waals surface area contributed by atoms with Gasteiger partial charge in [-0.3, -0.25) is 4.40 Å². The van der Waals surface area contributed by atoms with Crippen LogP contribution in [0.2, 0.25) is 5.15 Å². The molecule has 0 fully saturated rings. The fourth-order valence-electron chi connectivity index (χ4n) is 1.57. The maximum Gasteiger partial charge on any atom is 0.115 e. The van der Waals surface area contributed by atoms with Gasteiger partial charge in [0.15, 0.2) is 0 Å². The summed E-state index contributed by atoms with van der Waals surface area (Å²) in [6, 6.07) is 5.84. The number of nitrogens with zero attached hydrogens (tertiary/aromatic N) is 3. The predicted molar refractivity (Wildman–Crippen MR) is 62.5 cm³/mol. The third kappa shape index (κ3) is 2.13. The van der Waals surface area contributed by atoms with Gasteiger partial charge < -0.3 is 4.90 Å². The molecule has 0 atom stereocenters. The van der Waals surface area contributed by atoms with Gasteiger partial charge in [0.05, 0.1) is 11.7 Å². The lowest BCUT2D eigenvalue weighted by Crippen LogP contribution is -2.16. The molecule has 2 heterocycles. The molecular formula is C11H14ClN3. The summed E-state index contributed by atoms with van der Waals surface area (Å²) in [6.45, 7) is 0.977. The Balaban J connectivity index is 2.35. The second-order valence-electron chi connectivity index (χ2n) is 3.84. The van der Waals surface area contributed by atoms with E-state index in [-0.39, 0.29) is 0 Å². The zero-order valence-corrected chi connectivity index (χ0v) is 9.70. The van der Waals surface area contributed by atoms with Gasteiger partial charge in [0.25, 0.3) is 0 Å². The highest BCUT2D eigenvalue weighted by molar-refractivity contribution is 6.29. The molecule has 0 N–H and O–H groups in total. The molecule has 3 nitrogen and oxygen atoms in total. The first kappa shape index (κ1) is 10.5. The fourth-order valence-corrected chi connectivity index (χ4v) is 1.84. The number of rotatable bonds is 3. The average molecular weight is 224 g/mol. The molecule has 2 aromatic rings. The van der Waals surface area contributed by atoms with Crippen molar-refractivity contribution in [1.29, 1.82) is 0 Å². The number of likely N-dealkylation sites (N-methyl/N-ethyl adjacent to an activating group) is 1. The van der Waals surface area contributed by atoms with Gasteiger partial charge in [-0.25, -0.2) is 4.98 Å². The second kappa shape index (κ2) is 4.21. The Kier molecular flexibility index (Phi) is 2.93. The van der Waals surface area contributed by atoms with Crippen molar-refractivity contribution in [3.05, 3.63) is 35.4 Å². The van der Waals surface area contributed by atoms with Crippen molar-refractivity contribution in [2.24, 2.45) is 0 Å². The van der Waals surface area contributed by atoms with E-state index in [1.54, 1.807) is 0 Å². The normalized spacial score (nSPS) is 11.5. The maximum absolute atomic E-state index is 6.13. The summed E-state index contributed by atoms with van der Waals surface area (Å²) in [5.41, 5.74) is 1.05. The largest absolute Gasteiger partial charge is 0.309 e. The van der Waals surface area contributed by atoms with E-state index in [2.05, 4.69) is 24.0 Å². The average Bonchev–Trinajstić information content (AvgIpc) is 2.59. The lowest BCUT2D eigenvalue weighted by atomic mass is 10.3. The maximum atomic E-state index is 6.13. The van der Waals surface area contributed by atoms with Crippen molar-refractivity contribution < 1.29 is 0 Å². The first-order valence-electron chi connectivity index (χ1n) is 4.94. The van der Waals surface area contributed by atoms with Crippen LogP contribution in [0.3, 0.4) is 0 Å². The van der Waals surface area contributed by atoms with E-state index in [4.69, 9.17) is 11.6 Å². The molecule has 0 bridgehead atoms. The van der Waals surface area contributed by atoms with Crippen molar-refractivity contribution in [3.8, 4) is 0 Å². The Hall–Kier alpha value is -1.06. The molecule has 15 heavy (non-hydrogen) atoms. The highest BCUT2D eigenvalue weighted by Crippen LogP contribution is 2.15. The molecule has 0 saturated heterocycles. The Morgan fingerprint density at radius 3 is 2.93 bits per heavy atom. The fraction of sp³-hybridized carbons (Fsp3) is 0.364. The van der Waals surface area contributed by atoms with E-state index < -0.39 is 0 Å². The standard InChI is InChI=1S/C11H14ClN3/c1-14(2)7-6-11-13-8-9-4-3-5-10(12)15(9)11/h3-5,8H,6-7H2,1-2H3. The minimum Gasteiger partial charge on any atom is -0.309 e. The number of halogens is 1. The molecule has 80 valence electrons. The Morgan fingerprint density at radius 2 is 2.20 bits per heavy atom. The minimum absolute atomic E-state index is 0.721. The number of pyridine rings is 1. The van der Waals surface area contributed by atoms with Gasteiger partial charge in [-0.05, 0) is 26.2 Å². The zero-order chi connectivity index (χ0) is 10.8. The van der Waals surface area contributed by atoms with Gasteiger partial charge in [0, 0.05) is 13.0 Å². The van der Waals surface area contributed by atoms with Gasteiger partial charge >= 0.3 is 0 Å². The van der Waals surface area contributed by atoms with E-state index >= 15 is 0 Å². The molecule has 4 heteroatoms. The van der Waals surface area contributed by atoms with Crippen LogP contribution in [0.4, 0.5) is 0 Å². The molecule has 0 saturated carbocycles. The molecule has 2 aromatic heterocycles. The van der Waals surface area contributed by atoms with Crippen molar-refractivity contribution in [1.82, 2.24) is 14.3 Å². The highest BCUT2D eigenvalue weighted by atomic mass is 35.5. The zero-order valence-electron chi connectivity index (χ0n) is 8.94. The summed E-state index contributed by atoms with van der Waals surface area (Å²) in [7, 11) is 4.11. The molecule has 0 aliphatic carbocycles. The van der Waals surface area contributed by atoms with Crippen molar-refractivity contribution in [2.45, 2.75) is 6.42 Å². The third-order valence-electron chi connectivity index (χ3n) is 2.36. The Morgan fingerprint density at radius 1 is 1.40 bits per heavy atom. The van der Waals surface area contributed by atoms with E-state index in [0.717, 1.165) is 29.5 Å². The van der Waals surface area contributed by atoms with Crippen molar-refractivity contribution >= 4 is 17.1 Å². The molecule has 0 aliphatic rings. The van der Waals surface area contributed by atoms with Crippen LogP contribution in [0, 0.1) is 0 Å². The molecule has 0 unspecified atom stereocenters. The van der Waals surface area contributed by atoms with Crippen LogP contribution >= 0.6 is 11.6 Å². The molecule has 0 aromatic carbocycles. The van der Waals surface area contributed by atoms with Crippen LogP contribution in [-0.4, -0.2) is 34.9 Å². The van der Waals surface area contributed by atoms with E-state index in [9.17, 15) is 0 Å². The quantitative estimate of drug-likeness (QED) is 0.743. The number of fused-ring (bicyclic) bond motifs is 1. The van der Waals surface area contributed by atoms with E-state index in [1.165, 1.54) is 0 Å². The lowest BCUT2D eigenvalue weighted by molar-refractivity contribution is 0.409. The third-order valence-corrected chi connectivity index (χ3v) is 2.65. The number of hydrogen-bond donors (Lipinski definition) is 0. The molecule has 2 rings (SSSR count). The second-order valence-corrected chi connectivity index (χ2v) is 4.22. The summed E-state index contributed by atoms with van der Waals surface area (Å²) in [4.78, 5) is 6.52. The molecule has 0 spiro atoms. The number of aromatic nitrogens is 2. The topological polar surface area (TPSA) is 20.5 Å². The van der Waals surface area contributed by atoms with Gasteiger partial charge in [0.2, 0.25) is 0 Å². The van der Waals surface area contributed by atoms with Crippen LogP contribution in [0.1, 0.15) is 5.82 Å². The summed E-state index contributed by atoms with van der Waals surface area (Å²) >= 11 is 6.13. The van der Waals surface area contributed by atoms with Crippen LogP contribution in [-0.2, 0) is 6.42 Å². The lowest BCUT2D eigenvalue weighted by Gasteiger charge is -2.08. The summed E-state index contributed by atoms with van der Waals surface area (Å²) < 4.78 is 1.99. The first-order valence-corrected chi connectivity index (χ1v) is 5.32. The van der Waals surface area contributed by atoms with Crippen LogP contribution < -0.4 is 0 Å². The summed E-state index contributed by atoms with van der Waals surface area (Å²) in [5.74, 6) is 1.02. The van der Waals surface area contributed by atoms with Crippen LogP contribution in [0.15, 0.2) is 24.4 Å². The smallest absolute Gasteiger partial charge is 0.115 e. The monoisotopic (exact) mass is 223 g/mol. The van der Waals surface area contributed by atoms with Gasteiger partial charge in [-0.2, -0.15) is 0 Å². The van der Waals surface area contributed by atoms with E-state index in [0.29, 0.717) is 0 Å². The van der Waals surface area contributed by atoms with Crippen LogP contribution in [0.25, 0.3) is 5.52 Å².